The van der Waals surface area contributed by atoms with Gasteiger partial charge in [-0.05, 0) is 51.0 Å². The Morgan fingerprint density at radius 3 is 2.50 bits per heavy atom. The van der Waals surface area contributed by atoms with Crippen molar-refractivity contribution in [3.8, 4) is 11.3 Å². The summed E-state index contributed by atoms with van der Waals surface area (Å²) in [5.74, 6) is -0.718. The standard InChI is InChI=1S/C30H32F4N8O2/c1-30(2,3)44-29(43)41-10-8-40(9-11-41)16-17-4-6-23(35-14-17)37-28-36-15-20(32)25(39-28)18-12-19(31)26-22(13-18)42-21(27(33)34)5-7-24(42)38-26/h4,6,12-15,21,27H,5,7-11,16H2,1-3H3,(H,35,36,37,39)/t21-/m0/s1. The van der Waals surface area contributed by atoms with Gasteiger partial charge in [0.1, 0.15) is 28.5 Å². The van der Waals surface area contributed by atoms with E-state index in [0.717, 1.165) is 17.8 Å². The lowest BCUT2D eigenvalue weighted by Crippen LogP contribution is -2.49. The third-order valence-electron chi connectivity index (χ3n) is 7.62. The van der Waals surface area contributed by atoms with Gasteiger partial charge in [0.15, 0.2) is 11.6 Å². The lowest BCUT2D eigenvalue weighted by atomic mass is 10.1. The lowest BCUT2D eigenvalue weighted by molar-refractivity contribution is 0.0139. The molecule has 232 valence electrons. The number of nitrogens with zero attached hydrogens (tertiary/aromatic N) is 7. The number of rotatable bonds is 6. The first-order valence-electron chi connectivity index (χ1n) is 14.4. The first-order chi connectivity index (χ1) is 20.9. The minimum absolute atomic E-state index is 0.0314. The summed E-state index contributed by atoms with van der Waals surface area (Å²) in [5.41, 5.74) is 0.459. The lowest BCUT2D eigenvalue weighted by Gasteiger charge is -2.35. The highest BCUT2D eigenvalue weighted by Crippen LogP contribution is 2.37. The predicted molar refractivity (Wildman–Crippen MR) is 155 cm³/mol. The summed E-state index contributed by atoms with van der Waals surface area (Å²) in [6.07, 6.45) is 0.229. The van der Waals surface area contributed by atoms with E-state index in [0.29, 0.717) is 50.8 Å². The molecular weight excluding hydrogens is 580 g/mol. The second-order valence-electron chi connectivity index (χ2n) is 12.0. The van der Waals surface area contributed by atoms with Crippen LogP contribution in [0.2, 0.25) is 0 Å². The van der Waals surface area contributed by atoms with Gasteiger partial charge in [-0.1, -0.05) is 6.07 Å². The fraction of sp³-hybridized carbons (Fsp3) is 0.433. The molecule has 44 heavy (non-hydrogen) atoms. The second-order valence-corrected chi connectivity index (χ2v) is 12.0. The molecule has 0 radical (unpaired) electrons. The van der Waals surface area contributed by atoms with Crippen molar-refractivity contribution in [2.75, 3.05) is 31.5 Å². The van der Waals surface area contributed by atoms with Gasteiger partial charge in [0, 0.05) is 50.9 Å². The Hall–Kier alpha value is -4.33. The number of ether oxygens (including phenoxy) is 1. The molecule has 3 aromatic heterocycles. The zero-order valence-electron chi connectivity index (χ0n) is 24.5. The van der Waals surface area contributed by atoms with Crippen LogP contribution >= 0.6 is 0 Å². The second kappa shape index (κ2) is 11.6. The van der Waals surface area contributed by atoms with Crippen LogP contribution in [0.15, 0.2) is 36.7 Å². The maximum atomic E-state index is 15.0. The summed E-state index contributed by atoms with van der Waals surface area (Å²) in [6, 6.07) is 5.05. The Bertz CT molecular complexity index is 1680. The monoisotopic (exact) mass is 612 g/mol. The number of hydrogen-bond acceptors (Lipinski definition) is 8. The topological polar surface area (TPSA) is 101 Å². The molecular formula is C30H32F4N8O2. The number of imidazole rings is 1. The van der Waals surface area contributed by atoms with E-state index in [-0.39, 0.29) is 40.8 Å². The number of carbonyl (C=O) groups excluding carboxylic acids is 1. The fourth-order valence-electron chi connectivity index (χ4n) is 5.54. The summed E-state index contributed by atoms with van der Waals surface area (Å²) in [7, 11) is 0. The maximum absolute atomic E-state index is 15.0. The summed E-state index contributed by atoms with van der Waals surface area (Å²) in [5, 5.41) is 2.94. The third kappa shape index (κ3) is 6.16. The number of nitrogens with one attached hydrogen (secondary N) is 1. The number of carbonyl (C=O) groups is 1. The Morgan fingerprint density at radius 1 is 1.05 bits per heavy atom. The van der Waals surface area contributed by atoms with Crippen molar-refractivity contribution in [2.45, 2.75) is 58.2 Å². The van der Waals surface area contributed by atoms with Crippen LogP contribution in [-0.4, -0.2) is 78.6 Å². The number of benzene rings is 1. The molecule has 14 heteroatoms. The molecule has 1 amide bonds. The molecule has 10 nitrogen and oxygen atoms in total. The van der Waals surface area contributed by atoms with E-state index in [2.05, 4.69) is 30.2 Å². The smallest absolute Gasteiger partial charge is 0.410 e. The summed E-state index contributed by atoms with van der Waals surface area (Å²) >= 11 is 0. The van der Waals surface area contributed by atoms with Crippen LogP contribution in [-0.2, 0) is 17.7 Å². The van der Waals surface area contributed by atoms with Crippen molar-refractivity contribution in [1.82, 2.24) is 34.3 Å². The number of piperazine rings is 1. The molecule has 0 aliphatic carbocycles. The number of aromatic nitrogens is 5. The number of pyridine rings is 1. The highest BCUT2D eigenvalue weighted by Gasteiger charge is 2.33. The van der Waals surface area contributed by atoms with E-state index >= 15 is 4.39 Å². The van der Waals surface area contributed by atoms with E-state index in [9.17, 15) is 18.0 Å². The van der Waals surface area contributed by atoms with Gasteiger partial charge in [-0.15, -0.1) is 0 Å². The molecule has 1 saturated heterocycles. The van der Waals surface area contributed by atoms with Gasteiger partial charge < -0.3 is 19.5 Å². The largest absolute Gasteiger partial charge is 0.444 e. The van der Waals surface area contributed by atoms with E-state index < -0.39 is 29.7 Å². The van der Waals surface area contributed by atoms with E-state index in [1.807, 2.05) is 26.8 Å². The van der Waals surface area contributed by atoms with Gasteiger partial charge in [-0.3, -0.25) is 4.90 Å². The van der Waals surface area contributed by atoms with Gasteiger partial charge in [-0.25, -0.2) is 42.3 Å². The van der Waals surface area contributed by atoms with Crippen molar-refractivity contribution in [2.24, 2.45) is 0 Å². The van der Waals surface area contributed by atoms with Gasteiger partial charge in [0.2, 0.25) is 5.95 Å². The number of hydrogen-bond donors (Lipinski definition) is 1. The van der Waals surface area contributed by atoms with Crippen LogP contribution < -0.4 is 5.32 Å². The number of amides is 1. The minimum atomic E-state index is -2.64. The molecule has 0 saturated carbocycles. The van der Waals surface area contributed by atoms with E-state index in [1.54, 1.807) is 17.2 Å². The number of fused-ring (bicyclic) bond motifs is 3. The van der Waals surface area contributed by atoms with E-state index in [4.69, 9.17) is 4.74 Å². The zero-order valence-corrected chi connectivity index (χ0v) is 24.5. The normalized spacial score (nSPS) is 17.4. The van der Waals surface area contributed by atoms with E-state index in [1.165, 1.54) is 10.6 Å². The number of anilines is 2. The number of halogens is 4. The minimum Gasteiger partial charge on any atom is -0.444 e. The average molecular weight is 613 g/mol. The van der Waals surface area contributed by atoms with Crippen LogP contribution in [0.3, 0.4) is 0 Å². The first kappa shape index (κ1) is 29.7. The summed E-state index contributed by atoms with van der Waals surface area (Å²) in [6.45, 7) is 8.71. The third-order valence-corrected chi connectivity index (χ3v) is 7.62. The Balaban J connectivity index is 1.13. The molecule has 0 spiro atoms. The van der Waals surface area contributed by atoms with Crippen molar-refractivity contribution in [3.05, 3.63) is 59.7 Å². The fourth-order valence-corrected chi connectivity index (χ4v) is 5.54. The molecule has 0 bridgehead atoms. The van der Waals surface area contributed by atoms with Crippen molar-refractivity contribution < 1.29 is 27.1 Å². The van der Waals surface area contributed by atoms with Gasteiger partial charge in [0.25, 0.3) is 6.43 Å². The molecule has 1 fully saturated rings. The predicted octanol–water partition coefficient (Wildman–Crippen LogP) is 5.72. The quantitative estimate of drug-likeness (QED) is 0.276. The Labute approximate surface area is 251 Å². The van der Waals surface area contributed by atoms with Crippen molar-refractivity contribution in [1.29, 1.82) is 0 Å². The van der Waals surface area contributed by atoms with Crippen LogP contribution in [0.25, 0.3) is 22.3 Å². The van der Waals surface area contributed by atoms with Crippen LogP contribution in [0.4, 0.5) is 34.1 Å². The average Bonchev–Trinajstić information content (AvgIpc) is 3.55. The Kier molecular flexibility index (Phi) is 7.86. The zero-order chi connectivity index (χ0) is 31.2. The van der Waals surface area contributed by atoms with Crippen LogP contribution in [0.5, 0.6) is 0 Å². The number of aryl methyl sites for hydroxylation is 1. The highest BCUT2D eigenvalue weighted by molar-refractivity contribution is 5.83. The molecule has 0 unspecified atom stereocenters. The maximum Gasteiger partial charge on any atom is 0.410 e. The van der Waals surface area contributed by atoms with Gasteiger partial charge in [0.05, 0.1) is 17.8 Å². The van der Waals surface area contributed by atoms with Crippen molar-refractivity contribution in [3.63, 3.8) is 0 Å². The molecule has 4 aromatic rings. The number of alkyl halides is 2. The summed E-state index contributed by atoms with van der Waals surface area (Å²) in [4.78, 5) is 33.1. The van der Waals surface area contributed by atoms with Crippen LogP contribution in [0.1, 0.15) is 44.6 Å². The first-order valence-corrected chi connectivity index (χ1v) is 14.4. The van der Waals surface area contributed by atoms with Crippen LogP contribution in [0, 0.1) is 11.6 Å². The molecule has 2 aliphatic heterocycles. The van der Waals surface area contributed by atoms with Crippen molar-refractivity contribution >= 4 is 28.9 Å². The Morgan fingerprint density at radius 2 is 1.82 bits per heavy atom. The SMILES string of the molecule is CC(C)(C)OC(=O)N1CCN(Cc2ccc(Nc3ncc(F)c(-c4cc(F)c5nc6n(c5c4)[C@H](C(F)F)CC6)n3)nc2)CC1. The molecule has 2 aliphatic rings. The molecule has 1 N–H and O–H groups in total. The summed E-state index contributed by atoms with van der Waals surface area (Å²) < 4.78 is 64.0. The molecule has 1 atom stereocenters. The highest BCUT2D eigenvalue weighted by atomic mass is 19.3. The molecule has 6 rings (SSSR count). The molecule has 1 aromatic carbocycles. The molecule has 5 heterocycles. The van der Waals surface area contributed by atoms with Gasteiger partial charge in [-0.2, -0.15) is 0 Å². The van der Waals surface area contributed by atoms with Gasteiger partial charge >= 0.3 is 6.09 Å².